The Bertz CT molecular complexity index is 344. The van der Waals surface area contributed by atoms with Crippen LogP contribution in [0.5, 0.6) is 0 Å². The number of benzene rings is 1. The van der Waals surface area contributed by atoms with Gasteiger partial charge in [0, 0.05) is 23.0 Å². The fourth-order valence-electron chi connectivity index (χ4n) is 1.55. The van der Waals surface area contributed by atoms with Gasteiger partial charge in [-0.15, -0.1) is 0 Å². The summed E-state index contributed by atoms with van der Waals surface area (Å²) in [5.41, 5.74) is 6.92. The van der Waals surface area contributed by atoms with Crippen LogP contribution in [0.3, 0.4) is 0 Å². The highest BCUT2D eigenvalue weighted by atomic mass is 32.2. The molecule has 0 spiro atoms. The van der Waals surface area contributed by atoms with Crippen LogP contribution in [0.1, 0.15) is 16.8 Å². The number of nitrogens with one attached hydrogen (secondary N) is 1. The van der Waals surface area contributed by atoms with Crippen molar-refractivity contribution in [1.82, 2.24) is 5.32 Å². The van der Waals surface area contributed by atoms with Crippen LogP contribution in [0.25, 0.3) is 0 Å². The number of anilines is 1. The SMILES string of the molecule is Nc1ccc(C(=O)NC2CCSC2)cc1. The van der Waals surface area contributed by atoms with Gasteiger partial charge in [0.2, 0.25) is 0 Å². The molecule has 1 aliphatic rings. The molecule has 1 atom stereocenters. The maximum atomic E-state index is 11.8. The zero-order valence-corrected chi connectivity index (χ0v) is 9.22. The molecule has 0 aliphatic carbocycles. The molecule has 3 nitrogen and oxygen atoms in total. The predicted molar refractivity (Wildman–Crippen MR) is 64.1 cm³/mol. The van der Waals surface area contributed by atoms with Crippen LogP contribution in [-0.2, 0) is 0 Å². The van der Waals surface area contributed by atoms with Crippen molar-refractivity contribution in [1.29, 1.82) is 0 Å². The minimum Gasteiger partial charge on any atom is -0.399 e. The smallest absolute Gasteiger partial charge is 0.251 e. The first-order chi connectivity index (χ1) is 7.25. The molecule has 1 aliphatic heterocycles. The van der Waals surface area contributed by atoms with Crippen LogP contribution in [0.2, 0.25) is 0 Å². The van der Waals surface area contributed by atoms with Crippen molar-refractivity contribution in [3.8, 4) is 0 Å². The molecule has 1 unspecified atom stereocenters. The van der Waals surface area contributed by atoms with Gasteiger partial charge >= 0.3 is 0 Å². The fourth-order valence-corrected chi connectivity index (χ4v) is 2.70. The number of carbonyl (C=O) groups is 1. The Labute approximate surface area is 93.4 Å². The predicted octanol–water partition coefficient (Wildman–Crippen LogP) is 1.50. The lowest BCUT2D eigenvalue weighted by molar-refractivity contribution is 0.0941. The molecule has 1 aromatic rings. The Hall–Kier alpha value is -1.16. The summed E-state index contributed by atoms with van der Waals surface area (Å²) in [5, 5.41) is 3.01. The number of nitrogen functional groups attached to an aromatic ring is 1. The molecule has 1 aromatic carbocycles. The Balaban J connectivity index is 1.98. The third-order valence-electron chi connectivity index (χ3n) is 2.44. The normalized spacial score (nSPS) is 20.1. The number of carbonyl (C=O) groups excluding carboxylic acids is 1. The summed E-state index contributed by atoms with van der Waals surface area (Å²) < 4.78 is 0. The molecule has 4 heteroatoms. The molecular formula is C11H14N2OS. The maximum absolute atomic E-state index is 11.8. The zero-order valence-electron chi connectivity index (χ0n) is 8.40. The highest BCUT2D eigenvalue weighted by molar-refractivity contribution is 7.99. The summed E-state index contributed by atoms with van der Waals surface area (Å²) in [4.78, 5) is 11.8. The van der Waals surface area contributed by atoms with Gasteiger partial charge in [0.25, 0.3) is 5.91 Å². The van der Waals surface area contributed by atoms with Crippen LogP contribution in [0.15, 0.2) is 24.3 Å². The topological polar surface area (TPSA) is 55.1 Å². The van der Waals surface area contributed by atoms with Crippen molar-refractivity contribution in [2.75, 3.05) is 17.2 Å². The van der Waals surface area contributed by atoms with Crippen LogP contribution in [0, 0.1) is 0 Å². The Morgan fingerprint density at radius 2 is 2.13 bits per heavy atom. The Morgan fingerprint density at radius 1 is 1.40 bits per heavy atom. The van der Waals surface area contributed by atoms with E-state index in [-0.39, 0.29) is 5.91 Å². The number of nitrogens with two attached hydrogens (primary N) is 1. The first-order valence-corrected chi connectivity index (χ1v) is 6.15. The lowest BCUT2D eigenvalue weighted by atomic mass is 10.1. The zero-order chi connectivity index (χ0) is 10.7. The van der Waals surface area contributed by atoms with E-state index >= 15 is 0 Å². The summed E-state index contributed by atoms with van der Waals surface area (Å²) in [6.45, 7) is 0. The minimum atomic E-state index is 0.00231. The van der Waals surface area contributed by atoms with Crippen molar-refractivity contribution in [2.24, 2.45) is 0 Å². The maximum Gasteiger partial charge on any atom is 0.251 e. The van der Waals surface area contributed by atoms with E-state index in [1.807, 2.05) is 11.8 Å². The molecule has 0 radical (unpaired) electrons. The molecule has 1 amide bonds. The summed E-state index contributed by atoms with van der Waals surface area (Å²) >= 11 is 1.89. The average Bonchev–Trinajstić information content (AvgIpc) is 2.71. The van der Waals surface area contributed by atoms with Gasteiger partial charge in [0.1, 0.15) is 0 Å². The van der Waals surface area contributed by atoms with Gasteiger partial charge in [-0.1, -0.05) is 0 Å². The number of hydrogen-bond acceptors (Lipinski definition) is 3. The molecule has 1 fully saturated rings. The number of thioether (sulfide) groups is 1. The van der Waals surface area contributed by atoms with Crippen LogP contribution in [-0.4, -0.2) is 23.5 Å². The molecule has 1 saturated heterocycles. The molecule has 0 bridgehead atoms. The largest absolute Gasteiger partial charge is 0.399 e. The van der Waals surface area contributed by atoms with E-state index in [1.165, 1.54) is 0 Å². The monoisotopic (exact) mass is 222 g/mol. The lowest BCUT2D eigenvalue weighted by Crippen LogP contribution is -2.34. The van der Waals surface area contributed by atoms with Crippen molar-refractivity contribution in [2.45, 2.75) is 12.5 Å². The van der Waals surface area contributed by atoms with Crippen molar-refractivity contribution in [3.63, 3.8) is 0 Å². The Kier molecular flexibility index (Phi) is 3.16. The molecule has 0 aromatic heterocycles. The first-order valence-electron chi connectivity index (χ1n) is 5.00. The van der Waals surface area contributed by atoms with Gasteiger partial charge in [-0.2, -0.15) is 11.8 Å². The second-order valence-electron chi connectivity index (χ2n) is 3.66. The summed E-state index contributed by atoms with van der Waals surface area (Å²) in [7, 11) is 0. The first kappa shape index (κ1) is 10.4. The van der Waals surface area contributed by atoms with Gasteiger partial charge in [-0.05, 0) is 36.4 Å². The summed E-state index contributed by atoms with van der Waals surface area (Å²) in [6, 6.07) is 7.34. The van der Waals surface area contributed by atoms with E-state index in [4.69, 9.17) is 5.73 Å². The summed E-state index contributed by atoms with van der Waals surface area (Å²) in [5.74, 6) is 2.18. The lowest BCUT2D eigenvalue weighted by Gasteiger charge is -2.11. The average molecular weight is 222 g/mol. The van der Waals surface area contributed by atoms with E-state index in [0.29, 0.717) is 17.3 Å². The van der Waals surface area contributed by atoms with Gasteiger partial charge in [0.05, 0.1) is 0 Å². The fraction of sp³-hybridized carbons (Fsp3) is 0.364. The molecule has 2 rings (SSSR count). The third kappa shape index (κ3) is 2.65. The second-order valence-corrected chi connectivity index (χ2v) is 4.81. The van der Waals surface area contributed by atoms with E-state index in [9.17, 15) is 4.79 Å². The number of amides is 1. The third-order valence-corrected chi connectivity index (χ3v) is 3.60. The van der Waals surface area contributed by atoms with Crippen LogP contribution in [0.4, 0.5) is 5.69 Å². The molecule has 0 saturated carbocycles. The molecule has 3 N–H and O–H groups in total. The van der Waals surface area contributed by atoms with E-state index in [0.717, 1.165) is 17.9 Å². The van der Waals surface area contributed by atoms with E-state index in [1.54, 1.807) is 24.3 Å². The van der Waals surface area contributed by atoms with Crippen molar-refractivity contribution < 1.29 is 4.79 Å². The molecule has 15 heavy (non-hydrogen) atoms. The number of hydrogen-bond donors (Lipinski definition) is 2. The van der Waals surface area contributed by atoms with Gasteiger partial charge < -0.3 is 11.1 Å². The highest BCUT2D eigenvalue weighted by Gasteiger charge is 2.17. The second kappa shape index (κ2) is 4.57. The number of rotatable bonds is 2. The van der Waals surface area contributed by atoms with Gasteiger partial charge in [-0.3, -0.25) is 4.79 Å². The standard InChI is InChI=1S/C11H14N2OS/c12-9-3-1-8(2-4-9)11(14)13-10-5-6-15-7-10/h1-4,10H,5-7,12H2,(H,13,14). The quantitative estimate of drug-likeness (QED) is 0.746. The molecule has 80 valence electrons. The highest BCUT2D eigenvalue weighted by Crippen LogP contribution is 2.17. The van der Waals surface area contributed by atoms with Gasteiger partial charge in [0.15, 0.2) is 0 Å². The minimum absolute atomic E-state index is 0.00231. The molecular weight excluding hydrogens is 208 g/mol. The van der Waals surface area contributed by atoms with E-state index in [2.05, 4.69) is 5.32 Å². The summed E-state index contributed by atoms with van der Waals surface area (Å²) in [6.07, 6.45) is 1.07. The van der Waals surface area contributed by atoms with Crippen LogP contribution >= 0.6 is 11.8 Å². The van der Waals surface area contributed by atoms with Crippen molar-refractivity contribution in [3.05, 3.63) is 29.8 Å². The van der Waals surface area contributed by atoms with E-state index < -0.39 is 0 Å². The molecule has 1 heterocycles. The van der Waals surface area contributed by atoms with Crippen LogP contribution < -0.4 is 11.1 Å². The van der Waals surface area contributed by atoms with Crippen molar-refractivity contribution >= 4 is 23.4 Å². The Morgan fingerprint density at radius 3 is 2.73 bits per heavy atom. The van der Waals surface area contributed by atoms with Gasteiger partial charge in [-0.25, -0.2) is 0 Å².